The van der Waals surface area contributed by atoms with Crippen molar-refractivity contribution in [2.24, 2.45) is 0 Å². The predicted octanol–water partition coefficient (Wildman–Crippen LogP) is 3.37. The molecule has 4 rings (SSSR count). The molecule has 0 atom stereocenters. The highest BCUT2D eigenvalue weighted by Gasteiger charge is 2.22. The molecule has 0 amide bonds. The lowest BCUT2D eigenvalue weighted by Gasteiger charge is -2.28. The number of anilines is 1. The maximum atomic E-state index is 12.7. The van der Waals surface area contributed by atoms with Crippen LogP contribution in [0.4, 0.5) is 5.69 Å². The molecule has 2 aromatic carbocycles. The minimum atomic E-state index is -0.0625. The number of nitrogens with zero attached hydrogens (tertiary/aromatic N) is 2. The first-order chi connectivity index (χ1) is 15.1. The number of ether oxygens (including phenoxy) is 2. The smallest absolute Gasteiger partial charge is 0.254 e. The molecular formula is C24H28N4O3. The fraction of sp³-hybridized carbons (Fsp3) is 0.333. The molecule has 7 heteroatoms. The van der Waals surface area contributed by atoms with Gasteiger partial charge in [-0.3, -0.25) is 9.69 Å². The first-order valence-corrected chi connectivity index (χ1v) is 10.7. The molecule has 0 saturated heterocycles. The maximum absolute atomic E-state index is 12.7. The summed E-state index contributed by atoms with van der Waals surface area (Å²) in [4.78, 5) is 22.6. The van der Waals surface area contributed by atoms with Gasteiger partial charge in [-0.2, -0.15) is 0 Å². The van der Waals surface area contributed by atoms with Gasteiger partial charge in [-0.15, -0.1) is 0 Å². The lowest BCUT2D eigenvalue weighted by molar-refractivity contribution is 0.234. The van der Waals surface area contributed by atoms with Crippen LogP contribution in [0.15, 0.2) is 47.3 Å². The number of nitrogen functional groups attached to an aromatic ring is 1. The van der Waals surface area contributed by atoms with Crippen LogP contribution in [0.25, 0.3) is 11.4 Å². The van der Waals surface area contributed by atoms with Gasteiger partial charge in [0.2, 0.25) is 0 Å². The monoisotopic (exact) mass is 420 g/mol. The zero-order valence-electron chi connectivity index (χ0n) is 18.0. The van der Waals surface area contributed by atoms with Crippen molar-refractivity contribution in [2.45, 2.75) is 33.4 Å². The van der Waals surface area contributed by atoms with Crippen LogP contribution in [0.3, 0.4) is 0 Å². The van der Waals surface area contributed by atoms with Crippen molar-refractivity contribution in [3.05, 3.63) is 69.6 Å². The first-order valence-electron chi connectivity index (χ1n) is 10.7. The highest BCUT2D eigenvalue weighted by atomic mass is 16.5. The van der Waals surface area contributed by atoms with E-state index in [0.717, 1.165) is 40.4 Å². The SMILES string of the molecule is CCOc1ccc(CN2CCc3c(nc(-c4ccc(N)cc4)[nH]c3=O)C2)c(OCC)c1. The summed E-state index contributed by atoms with van der Waals surface area (Å²) in [5, 5.41) is 0. The number of fused-ring (bicyclic) bond motifs is 1. The number of H-pyrrole nitrogens is 1. The second-order valence-electron chi connectivity index (χ2n) is 7.56. The standard InChI is InChI=1S/C24H28N4O3/c1-3-30-19-10-7-17(22(13-19)31-4-2)14-28-12-11-20-21(15-28)26-23(27-24(20)29)16-5-8-18(25)9-6-16/h5-10,13H,3-4,11-12,14-15,25H2,1-2H3,(H,26,27,29). The molecule has 0 aliphatic carbocycles. The molecule has 0 fully saturated rings. The molecule has 1 aliphatic rings. The number of hydrogen-bond donors (Lipinski definition) is 2. The van der Waals surface area contributed by atoms with Gasteiger partial charge in [0.1, 0.15) is 17.3 Å². The summed E-state index contributed by atoms with van der Waals surface area (Å²) in [6, 6.07) is 13.3. The summed E-state index contributed by atoms with van der Waals surface area (Å²) in [6.07, 6.45) is 0.667. The lowest BCUT2D eigenvalue weighted by atomic mass is 10.0. The van der Waals surface area contributed by atoms with Crippen molar-refractivity contribution in [3.63, 3.8) is 0 Å². The number of rotatable bonds is 7. The van der Waals surface area contributed by atoms with Gasteiger partial charge in [-0.1, -0.05) is 6.07 Å². The highest BCUT2D eigenvalue weighted by Crippen LogP contribution is 2.28. The number of hydrogen-bond acceptors (Lipinski definition) is 6. The molecule has 0 unspecified atom stereocenters. The summed E-state index contributed by atoms with van der Waals surface area (Å²) in [7, 11) is 0. The van der Waals surface area contributed by atoms with Crippen LogP contribution in [0.1, 0.15) is 30.7 Å². The first kappa shape index (κ1) is 20.9. The minimum Gasteiger partial charge on any atom is -0.494 e. The van der Waals surface area contributed by atoms with Crippen LogP contribution in [-0.2, 0) is 19.5 Å². The average Bonchev–Trinajstić information content (AvgIpc) is 2.76. The van der Waals surface area contributed by atoms with Gasteiger partial charge < -0.3 is 20.2 Å². The Morgan fingerprint density at radius 3 is 2.61 bits per heavy atom. The third kappa shape index (κ3) is 4.72. The van der Waals surface area contributed by atoms with Crippen molar-refractivity contribution in [1.29, 1.82) is 0 Å². The van der Waals surface area contributed by atoms with E-state index in [1.807, 2.05) is 50.2 Å². The lowest BCUT2D eigenvalue weighted by Crippen LogP contribution is -2.35. The molecule has 0 bridgehead atoms. The molecule has 162 valence electrons. The van der Waals surface area contributed by atoms with E-state index in [9.17, 15) is 4.79 Å². The van der Waals surface area contributed by atoms with Crippen molar-refractivity contribution in [3.8, 4) is 22.9 Å². The predicted molar refractivity (Wildman–Crippen MR) is 121 cm³/mol. The summed E-state index contributed by atoms with van der Waals surface area (Å²) >= 11 is 0. The Labute approximate surface area is 181 Å². The Bertz CT molecular complexity index is 1110. The topological polar surface area (TPSA) is 93.5 Å². The Morgan fingerprint density at radius 2 is 1.87 bits per heavy atom. The summed E-state index contributed by atoms with van der Waals surface area (Å²) in [5.41, 5.74) is 9.93. The summed E-state index contributed by atoms with van der Waals surface area (Å²) < 4.78 is 11.5. The quantitative estimate of drug-likeness (QED) is 0.569. The third-order valence-corrected chi connectivity index (χ3v) is 5.38. The van der Waals surface area contributed by atoms with E-state index in [4.69, 9.17) is 20.2 Å². The van der Waals surface area contributed by atoms with E-state index in [1.165, 1.54) is 0 Å². The largest absolute Gasteiger partial charge is 0.494 e. The number of aromatic amines is 1. The summed E-state index contributed by atoms with van der Waals surface area (Å²) in [6.45, 7) is 7.26. The fourth-order valence-corrected chi connectivity index (χ4v) is 3.86. The van der Waals surface area contributed by atoms with E-state index in [2.05, 4.69) is 16.0 Å². The zero-order chi connectivity index (χ0) is 21.8. The maximum Gasteiger partial charge on any atom is 0.254 e. The normalized spacial score (nSPS) is 13.6. The molecule has 0 saturated carbocycles. The van der Waals surface area contributed by atoms with Crippen LogP contribution in [0.5, 0.6) is 11.5 Å². The van der Waals surface area contributed by atoms with Gasteiger partial charge in [0.15, 0.2) is 0 Å². The summed E-state index contributed by atoms with van der Waals surface area (Å²) in [5.74, 6) is 2.21. The van der Waals surface area contributed by atoms with Crippen molar-refractivity contribution < 1.29 is 9.47 Å². The van der Waals surface area contributed by atoms with E-state index >= 15 is 0 Å². The third-order valence-electron chi connectivity index (χ3n) is 5.38. The second-order valence-corrected chi connectivity index (χ2v) is 7.56. The van der Waals surface area contributed by atoms with Gasteiger partial charge in [0.05, 0.1) is 18.9 Å². The molecule has 7 nitrogen and oxygen atoms in total. The Balaban J connectivity index is 1.57. The molecule has 2 heterocycles. The van der Waals surface area contributed by atoms with Crippen LogP contribution in [0, 0.1) is 0 Å². The number of benzene rings is 2. The molecule has 1 aromatic heterocycles. The van der Waals surface area contributed by atoms with Crippen LogP contribution in [0.2, 0.25) is 0 Å². The number of aromatic nitrogens is 2. The van der Waals surface area contributed by atoms with Crippen molar-refractivity contribution in [2.75, 3.05) is 25.5 Å². The molecule has 31 heavy (non-hydrogen) atoms. The van der Waals surface area contributed by atoms with Crippen LogP contribution in [-0.4, -0.2) is 34.6 Å². The number of nitrogens with one attached hydrogen (secondary N) is 1. The highest BCUT2D eigenvalue weighted by molar-refractivity contribution is 5.58. The van der Waals surface area contributed by atoms with Crippen molar-refractivity contribution >= 4 is 5.69 Å². The molecule has 0 spiro atoms. The van der Waals surface area contributed by atoms with Gasteiger partial charge in [0, 0.05) is 48.1 Å². The molecule has 0 radical (unpaired) electrons. The Kier molecular flexibility index (Phi) is 6.23. The van der Waals surface area contributed by atoms with E-state index in [-0.39, 0.29) is 5.56 Å². The van der Waals surface area contributed by atoms with E-state index in [0.29, 0.717) is 44.2 Å². The van der Waals surface area contributed by atoms with Gasteiger partial charge in [0.25, 0.3) is 5.56 Å². The molecular weight excluding hydrogens is 392 g/mol. The van der Waals surface area contributed by atoms with Crippen LogP contribution >= 0.6 is 0 Å². The van der Waals surface area contributed by atoms with Crippen molar-refractivity contribution in [1.82, 2.24) is 14.9 Å². The zero-order valence-corrected chi connectivity index (χ0v) is 18.0. The van der Waals surface area contributed by atoms with E-state index < -0.39 is 0 Å². The fourth-order valence-electron chi connectivity index (χ4n) is 3.86. The van der Waals surface area contributed by atoms with Gasteiger partial charge in [-0.05, 0) is 50.6 Å². The second kappa shape index (κ2) is 9.22. The van der Waals surface area contributed by atoms with Gasteiger partial charge >= 0.3 is 0 Å². The average molecular weight is 421 g/mol. The number of nitrogens with two attached hydrogens (primary N) is 1. The Hall–Kier alpha value is -3.32. The van der Waals surface area contributed by atoms with Gasteiger partial charge in [-0.25, -0.2) is 4.98 Å². The molecule has 3 N–H and O–H groups in total. The molecule has 1 aliphatic heterocycles. The minimum absolute atomic E-state index is 0.0625. The molecule has 3 aromatic rings. The van der Waals surface area contributed by atoms with E-state index in [1.54, 1.807) is 0 Å². The Morgan fingerprint density at radius 1 is 1.10 bits per heavy atom. The van der Waals surface area contributed by atoms with Crippen LogP contribution < -0.4 is 20.8 Å².